The summed E-state index contributed by atoms with van der Waals surface area (Å²) in [6.07, 6.45) is 10.7. The van der Waals surface area contributed by atoms with Crippen molar-refractivity contribution in [3.8, 4) is 18.1 Å². The topological polar surface area (TPSA) is 91.1 Å². The summed E-state index contributed by atoms with van der Waals surface area (Å²) in [4.78, 5) is 24.5. The molecular weight excluding hydrogens is 364 g/mol. The summed E-state index contributed by atoms with van der Waals surface area (Å²) in [5.74, 6) is 2.24. The summed E-state index contributed by atoms with van der Waals surface area (Å²) >= 11 is 0. The van der Waals surface area contributed by atoms with Crippen molar-refractivity contribution in [3.63, 3.8) is 0 Å². The minimum atomic E-state index is -0.410. The highest BCUT2D eigenvalue weighted by Gasteiger charge is 2.15. The molecule has 0 radical (unpaired) electrons. The molecule has 1 aromatic rings. The summed E-state index contributed by atoms with van der Waals surface area (Å²) in [5.41, 5.74) is 2.00. The van der Waals surface area contributed by atoms with Gasteiger partial charge < -0.3 is 15.6 Å². The van der Waals surface area contributed by atoms with Crippen LogP contribution in [-0.2, 0) is 4.79 Å². The number of allylic oxidation sites excluding steroid dienone is 2. The van der Waals surface area contributed by atoms with Crippen LogP contribution in [0.2, 0.25) is 0 Å². The summed E-state index contributed by atoms with van der Waals surface area (Å²) in [6, 6.07) is 5.03. The molecule has 1 aromatic carbocycles. The molecule has 0 aliphatic heterocycles. The molecule has 0 heterocycles. The smallest absolute Gasteiger partial charge is 0.209 e. The van der Waals surface area contributed by atoms with E-state index in [1.54, 1.807) is 24.3 Å². The lowest BCUT2D eigenvalue weighted by atomic mass is 9.95. The van der Waals surface area contributed by atoms with Crippen molar-refractivity contribution in [1.29, 1.82) is 10.8 Å². The van der Waals surface area contributed by atoms with Crippen molar-refractivity contribution in [1.82, 2.24) is 0 Å². The maximum atomic E-state index is 12.4. The molecule has 29 heavy (non-hydrogen) atoms. The van der Waals surface area contributed by atoms with Crippen LogP contribution >= 0.6 is 0 Å². The van der Waals surface area contributed by atoms with Crippen LogP contribution in [0.5, 0.6) is 5.75 Å². The number of ketones is 2. The highest BCUT2D eigenvalue weighted by Crippen LogP contribution is 2.22. The van der Waals surface area contributed by atoms with Gasteiger partial charge in [0.15, 0.2) is 5.78 Å². The highest BCUT2D eigenvalue weighted by molar-refractivity contribution is 6.44. The Bertz CT molecular complexity index is 888. The molecule has 0 aromatic heterocycles. The lowest BCUT2D eigenvalue weighted by molar-refractivity contribution is -0.117. The molecule has 0 saturated heterocycles. The number of hydrogen-bond donors (Lipinski definition) is 2. The second-order valence-corrected chi connectivity index (χ2v) is 6.91. The van der Waals surface area contributed by atoms with Crippen LogP contribution in [0.25, 0.3) is 6.08 Å². The monoisotopic (exact) mass is 392 g/mol. The molecular formula is C24H28N2O3. The fourth-order valence-electron chi connectivity index (χ4n) is 2.69. The van der Waals surface area contributed by atoms with Crippen molar-refractivity contribution in [2.45, 2.75) is 39.5 Å². The van der Waals surface area contributed by atoms with Gasteiger partial charge in [0.2, 0.25) is 5.78 Å². The molecule has 0 bridgehead atoms. The maximum Gasteiger partial charge on any atom is 0.209 e. The molecule has 0 amide bonds. The summed E-state index contributed by atoms with van der Waals surface area (Å²) in [5, 5.41) is 15.3. The summed E-state index contributed by atoms with van der Waals surface area (Å²) < 4.78 is 5.19. The van der Waals surface area contributed by atoms with Gasteiger partial charge in [-0.2, -0.15) is 0 Å². The van der Waals surface area contributed by atoms with E-state index in [2.05, 4.69) is 12.5 Å². The standard InChI is InChI=1S/C24H28N2O3/c1-6-8-21(26)16(2)9-7-10-17(3)22(27)13-11-19-12-14-23(29-5)20(15-19)24(28)18(4)25/h1,11-15,17,25-26H,2,7-10H2,3-5H3. The van der Waals surface area contributed by atoms with E-state index in [1.807, 2.05) is 6.92 Å². The SMILES string of the molecule is C#CCC(=N)C(=C)CCCC(C)C(=O)C=Cc1ccc(OC)c(C(=O)C(C)=N)c1. The van der Waals surface area contributed by atoms with Gasteiger partial charge in [-0.15, -0.1) is 12.3 Å². The van der Waals surface area contributed by atoms with Gasteiger partial charge in [0, 0.05) is 11.6 Å². The molecule has 0 spiro atoms. The normalized spacial score (nSPS) is 11.5. The van der Waals surface area contributed by atoms with Crippen molar-refractivity contribution >= 4 is 29.1 Å². The number of terminal acetylenes is 1. The first-order chi connectivity index (χ1) is 13.7. The van der Waals surface area contributed by atoms with E-state index >= 15 is 0 Å². The number of carbonyl (C=O) groups is 2. The second kappa shape index (κ2) is 11.6. The molecule has 1 unspecified atom stereocenters. The minimum absolute atomic E-state index is 0.0127. The lowest BCUT2D eigenvalue weighted by Crippen LogP contribution is -2.11. The van der Waals surface area contributed by atoms with E-state index < -0.39 is 5.78 Å². The Morgan fingerprint density at radius 3 is 2.62 bits per heavy atom. The Balaban J connectivity index is 2.72. The van der Waals surface area contributed by atoms with Crippen LogP contribution in [0.15, 0.2) is 36.4 Å². The Morgan fingerprint density at radius 1 is 1.34 bits per heavy atom. The first kappa shape index (κ1) is 23.8. The average molecular weight is 392 g/mol. The second-order valence-electron chi connectivity index (χ2n) is 6.91. The Kier molecular flexibility index (Phi) is 9.47. The van der Waals surface area contributed by atoms with E-state index in [9.17, 15) is 9.59 Å². The van der Waals surface area contributed by atoms with Gasteiger partial charge in [-0.3, -0.25) is 9.59 Å². The third kappa shape index (κ3) is 7.34. The van der Waals surface area contributed by atoms with E-state index in [1.165, 1.54) is 20.1 Å². The average Bonchev–Trinajstić information content (AvgIpc) is 2.70. The fourth-order valence-corrected chi connectivity index (χ4v) is 2.69. The number of Topliss-reactive ketones (excluding diaryl/α,β-unsaturated/α-hetero) is 1. The van der Waals surface area contributed by atoms with Crippen LogP contribution in [0.4, 0.5) is 0 Å². The molecule has 1 rings (SSSR count). The molecule has 152 valence electrons. The predicted octanol–water partition coefficient (Wildman–Crippen LogP) is 4.91. The summed E-state index contributed by atoms with van der Waals surface area (Å²) in [7, 11) is 1.47. The van der Waals surface area contributed by atoms with Crippen molar-refractivity contribution in [2.24, 2.45) is 5.92 Å². The Morgan fingerprint density at radius 2 is 2.03 bits per heavy atom. The lowest BCUT2D eigenvalue weighted by Gasteiger charge is -2.10. The molecule has 0 saturated carbocycles. The number of methoxy groups -OCH3 is 1. The first-order valence-corrected chi connectivity index (χ1v) is 9.40. The molecule has 1 atom stereocenters. The fraction of sp³-hybridized carbons (Fsp3) is 0.333. The zero-order chi connectivity index (χ0) is 22.0. The molecule has 5 nitrogen and oxygen atoms in total. The first-order valence-electron chi connectivity index (χ1n) is 9.40. The minimum Gasteiger partial charge on any atom is -0.496 e. The van der Waals surface area contributed by atoms with E-state index in [4.69, 9.17) is 22.0 Å². The van der Waals surface area contributed by atoms with E-state index in [0.717, 1.165) is 12.0 Å². The van der Waals surface area contributed by atoms with Gasteiger partial charge in [-0.1, -0.05) is 25.6 Å². The van der Waals surface area contributed by atoms with Gasteiger partial charge in [0.05, 0.1) is 24.8 Å². The number of ether oxygens (including phenoxy) is 1. The van der Waals surface area contributed by atoms with Crippen molar-refractivity contribution < 1.29 is 14.3 Å². The van der Waals surface area contributed by atoms with E-state index in [0.29, 0.717) is 35.4 Å². The third-order valence-corrected chi connectivity index (χ3v) is 4.56. The zero-order valence-electron chi connectivity index (χ0n) is 17.3. The predicted molar refractivity (Wildman–Crippen MR) is 118 cm³/mol. The number of benzene rings is 1. The maximum absolute atomic E-state index is 12.4. The van der Waals surface area contributed by atoms with Gasteiger partial charge in [0.25, 0.3) is 0 Å². The number of hydrogen-bond acceptors (Lipinski definition) is 5. The third-order valence-electron chi connectivity index (χ3n) is 4.56. The molecule has 0 fully saturated rings. The Hall–Kier alpha value is -3.26. The number of carbonyl (C=O) groups excluding carboxylic acids is 2. The van der Waals surface area contributed by atoms with Gasteiger partial charge in [-0.25, -0.2) is 0 Å². The summed E-state index contributed by atoms with van der Waals surface area (Å²) in [6.45, 7) is 7.16. The molecule has 5 heteroatoms. The largest absolute Gasteiger partial charge is 0.496 e. The molecule has 0 aliphatic rings. The van der Waals surface area contributed by atoms with Crippen LogP contribution in [0.1, 0.15) is 55.5 Å². The van der Waals surface area contributed by atoms with Gasteiger partial charge >= 0.3 is 0 Å². The van der Waals surface area contributed by atoms with Gasteiger partial charge in [0.1, 0.15) is 5.75 Å². The van der Waals surface area contributed by atoms with E-state index in [-0.39, 0.29) is 23.8 Å². The molecule has 0 aliphatic carbocycles. The molecule has 2 N–H and O–H groups in total. The quantitative estimate of drug-likeness (QED) is 0.229. The van der Waals surface area contributed by atoms with Crippen LogP contribution in [0.3, 0.4) is 0 Å². The van der Waals surface area contributed by atoms with Gasteiger partial charge in [-0.05, 0) is 55.5 Å². The Labute approximate surface area is 172 Å². The zero-order valence-corrected chi connectivity index (χ0v) is 17.3. The van der Waals surface area contributed by atoms with Crippen LogP contribution in [0, 0.1) is 29.1 Å². The van der Waals surface area contributed by atoms with Crippen molar-refractivity contribution in [3.05, 3.63) is 47.6 Å². The van der Waals surface area contributed by atoms with Crippen LogP contribution in [-0.4, -0.2) is 30.1 Å². The number of nitrogens with one attached hydrogen (secondary N) is 2. The van der Waals surface area contributed by atoms with Crippen molar-refractivity contribution in [2.75, 3.05) is 7.11 Å². The van der Waals surface area contributed by atoms with Crippen LogP contribution < -0.4 is 4.74 Å². The number of rotatable bonds is 12. The highest BCUT2D eigenvalue weighted by atomic mass is 16.5.